The first-order valence-electron chi connectivity index (χ1n) is 9.87. The number of piperidine rings is 1. The highest BCUT2D eigenvalue weighted by atomic mass is 79.9. The Hall–Kier alpha value is -2.44. The van der Waals surface area contributed by atoms with E-state index in [1.807, 2.05) is 66.4 Å². The van der Waals surface area contributed by atoms with Crippen LogP contribution in [-0.4, -0.2) is 38.8 Å². The molecule has 1 amide bonds. The molecule has 1 atom stereocenters. The number of likely N-dealkylation sites (tertiary alicyclic amines) is 1. The number of halogens is 1. The van der Waals surface area contributed by atoms with E-state index in [4.69, 9.17) is 0 Å². The Bertz CT molecular complexity index is 977. The van der Waals surface area contributed by atoms with Gasteiger partial charge >= 0.3 is 0 Å². The van der Waals surface area contributed by atoms with Crippen LogP contribution in [0.4, 0.5) is 0 Å². The molecular weight excluding hydrogens is 430 g/mol. The second kappa shape index (κ2) is 8.51. The first kappa shape index (κ1) is 19.9. The van der Waals surface area contributed by atoms with Crippen molar-refractivity contribution in [3.8, 4) is 5.69 Å². The number of carbonyl (C=O) groups excluding carboxylic acids is 1. The largest absolute Gasteiger partial charge is 0.388 e. The van der Waals surface area contributed by atoms with Crippen LogP contribution in [0.1, 0.15) is 40.6 Å². The van der Waals surface area contributed by atoms with Gasteiger partial charge in [-0.25, -0.2) is 4.68 Å². The van der Waals surface area contributed by atoms with Crippen LogP contribution in [0, 0.1) is 12.8 Å². The molecule has 2 heterocycles. The van der Waals surface area contributed by atoms with Crippen LogP contribution in [0.2, 0.25) is 0 Å². The molecule has 0 radical (unpaired) electrons. The lowest BCUT2D eigenvalue weighted by atomic mass is 9.87. The van der Waals surface area contributed by atoms with Gasteiger partial charge in [-0.05, 0) is 55.5 Å². The fourth-order valence-corrected chi connectivity index (χ4v) is 4.24. The molecule has 1 aliphatic rings. The summed E-state index contributed by atoms with van der Waals surface area (Å²) in [5, 5.41) is 15.1. The predicted molar refractivity (Wildman–Crippen MR) is 116 cm³/mol. The van der Waals surface area contributed by atoms with Crippen LogP contribution in [0.5, 0.6) is 0 Å². The molecular formula is C23H24BrN3O2. The van der Waals surface area contributed by atoms with Gasteiger partial charge in [0.15, 0.2) is 0 Å². The number of aliphatic hydroxyl groups is 1. The Kier molecular flexibility index (Phi) is 5.83. The van der Waals surface area contributed by atoms with Crippen molar-refractivity contribution < 1.29 is 9.90 Å². The van der Waals surface area contributed by atoms with Gasteiger partial charge in [-0.3, -0.25) is 4.79 Å². The standard InChI is InChI=1S/C23H24BrN3O2/c1-16-21(15-25-27(16)20-9-7-19(24)8-10-20)23(29)26-13-11-18(12-14-26)22(28)17-5-3-2-4-6-17/h2-10,15,18,22,28H,11-14H2,1H3. The minimum Gasteiger partial charge on any atom is -0.388 e. The summed E-state index contributed by atoms with van der Waals surface area (Å²) < 4.78 is 2.80. The summed E-state index contributed by atoms with van der Waals surface area (Å²) in [6, 6.07) is 17.6. The Morgan fingerprint density at radius 3 is 2.41 bits per heavy atom. The molecule has 0 bridgehead atoms. The Morgan fingerprint density at radius 2 is 1.76 bits per heavy atom. The molecule has 1 unspecified atom stereocenters. The number of hydrogen-bond acceptors (Lipinski definition) is 3. The first-order valence-corrected chi connectivity index (χ1v) is 10.7. The predicted octanol–water partition coefficient (Wildman–Crippen LogP) is 4.53. The Morgan fingerprint density at radius 1 is 1.10 bits per heavy atom. The third kappa shape index (κ3) is 4.14. The minimum absolute atomic E-state index is 0.0125. The normalized spacial score (nSPS) is 16.0. The average Bonchev–Trinajstić information content (AvgIpc) is 3.15. The van der Waals surface area contributed by atoms with E-state index in [2.05, 4.69) is 21.0 Å². The van der Waals surface area contributed by atoms with Crippen molar-refractivity contribution in [1.82, 2.24) is 14.7 Å². The third-order valence-electron chi connectivity index (χ3n) is 5.73. The second-order valence-corrected chi connectivity index (χ2v) is 8.43. The molecule has 2 aromatic carbocycles. The van der Waals surface area contributed by atoms with Gasteiger partial charge in [0, 0.05) is 17.6 Å². The summed E-state index contributed by atoms with van der Waals surface area (Å²) in [7, 11) is 0. The molecule has 3 aromatic rings. The molecule has 1 N–H and O–H groups in total. The second-order valence-electron chi connectivity index (χ2n) is 7.52. The van der Waals surface area contributed by atoms with E-state index < -0.39 is 6.10 Å². The van der Waals surface area contributed by atoms with E-state index in [1.54, 1.807) is 10.9 Å². The van der Waals surface area contributed by atoms with Crippen molar-refractivity contribution in [2.75, 3.05) is 13.1 Å². The number of amides is 1. The maximum Gasteiger partial charge on any atom is 0.257 e. The van der Waals surface area contributed by atoms with E-state index in [0.29, 0.717) is 18.7 Å². The van der Waals surface area contributed by atoms with Crippen molar-refractivity contribution in [3.63, 3.8) is 0 Å². The average molecular weight is 454 g/mol. The van der Waals surface area contributed by atoms with Gasteiger partial charge in [-0.15, -0.1) is 0 Å². The minimum atomic E-state index is -0.477. The monoisotopic (exact) mass is 453 g/mol. The summed E-state index contributed by atoms with van der Waals surface area (Å²) >= 11 is 3.44. The van der Waals surface area contributed by atoms with Crippen molar-refractivity contribution in [2.24, 2.45) is 5.92 Å². The van der Waals surface area contributed by atoms with Crippen LogP contribution in [-0.2, 0) is 0 Å². The number of aliphatic hydroxyl groups excluding tert-OH is 1. The molecule has 150 valence electrons. The molecule has 29 heavy (non-hydrogen) atoms. The Balaban J connectivity index is 1.43. The zero-order chi connectivity index (χ0) is 20.4. The van der Waals surface area contributed by atoms with Crippen LogP contribution < -0.4 is 0 Å². The van der Waals surface area contributed by atoms with Crippen molar-refractivity contribution in [2.45, 2.75) is 25.9 Å². The first-order chi connectivity index (χ1) is 14.0. The highest BCUT2D eigenvalue weighted by Gasteiger charge is 2.30. The Labute approximate surface area is 179 Å². The van der Waals surface area contributed by atoms with E-state index in [0.717, 1.165) is 34.3 Å². The van der Waals surface area contributed by atoms with Gasteiger partial charge in [-0.2, -0.15) is 5.10 Å². The smallest absolute Gasteiger partial charge is 0.257 e. The van der Waals surface area contributed by atoms with Gasteiger partial charge in [0.25, 0.3) is 5.91 Å². The number of aromatic nitrogens is 2. The lowest BCUT2D eigenvalue weighted by Crippen LogP contribution is -2.40. The molecule has 1 fully saturated rings. The SMILES string of the molecule is Cc1c(C(=O)N2CCC(C(O)c3ccccc3)CC2)cnn1-c1ccc(Br)cc1. The summed E-state index contributed by atoms with van der Waals surface area (Å²) in [5.41, 5.74) is 3.34. The van der Waals surface area contributed by atoms with Crippen LogP contribution in [0.25, 0.3) is 5.69 Å². The van der Waals surface area contributed by atoms with Gasteiger partial charge < -0.3 is 10.0 Å². The van der Waals surface area contributed by atoms with Crippen molar-refractivity contribution in [1.29, 1.82) is 0 Å². The number of rotatable bonds is 4. The molecule has 4 rings (SSSR count). The van der Waals surface area contributed by atoms with E-state index in [1.165, 1.54) is 0 Å². The van der Waals surface area contributed by atoms with Gasteiger partial charge in [0.05, 0.1) is 29.2 Å². The zero-order valence-electron chi connectivity index (χ0n) is 16.3. The van der Waals surface area contributed by atoms with Crippen LogP contribution in [0.3, 0.4) is 0 Å². The molecule has 0 saturated carbocycles. The summed E-state index contributed by atoms with van der Waals surface area (Å²) in [4.78, 5) is 14.9. The highest BCUT2D eigenvalue weighted by Crippen LogP contribution is 2.31. The van der Waals surface area contributed by atoms with Gasteiger partial charge in [-0.1, -0.05) is 46.3 Å². The maximum absolute atomic E-state index is 13.1. The fourth-order valence-electron chi connectivity index (χ4n) is 3.97. The summed E-state index contributed by atoms with van der Waals surface area (Å²) in [6.07, 6.45) is 2.77. The highest BCUT2D eigenvalue weighted by molar-refractivity contribution is 9.10. The molecule has 5 nitrogen and oxygen atoms in total. The molecule has 1 aliphatic heterocycles. The third-order valence-corrected chi connectivity index (χ3v) is 6.25. The topological polar surface area (TPSA) is 58.4 Å². The molecule has 0 aliphatic carbocycles. The zero-order valence-corrected chi connectivity index (χ0v) is 17.9. The van der Waals surface area contributed by atoms with E-state index in [9.17, 15) is 9.90 Å². The van der Waals surface area contributed by atoms with Gasteiger partial charge in [0.2, 0.25) is 0 Å². The maximum atomic E-state index is 13.1. The fraction of sp³-hybridized carbons (Fsp3) is 0.304. The van der Waals surface area contributed by atoms with Crippen LogP contribution >= 0.6 is 15.9 Å². The molecule has 1 saturated heterocycles. The van der Waals surface area contributed by atoms with Gasteiger partial charge in [0.1, 0.15) is 0 Å². The quantitative estimate of drug-likeness (QED) is 0.631. The molecule has 6 heteroatoms. The summed E-state index contributed by atoms with van der Waals surface area (Å²) in [5.74, 6) is 0.187. The number of benzene rings is 2. The van der Waals surface area contributed by atoms with E-state index in [-0.39, 0.29) is 11.8 Å². The number of nitrogens with zero attached hydrogens (tertiary/aromatic N) is 3. The lowest BCUT2D eigenvalue weighted by molar-refractivity contribution is 0.0462. The number of carbonyl (C=O) groups is 1. The molecule has 0 spiro atoms. The number of hydrogen-bond donors (Lipinski definition) is 1. The van der Waals surface area contributed by atoms with Crippen molar-refractivity contribution >= 4 is 21.8 Å². The van der Waals surface area contributed by atoms with Crippen molar-refractivity contribution in [3.05, 3.63) is 82.1 Å². The van der Waals surface area contributed by atoms with E-state index >= 15 is 0 Å². The molecule has 1 aromatic heterocycles. The lowest BCUT2D eigenvalue weighted by Gasteiger charge is -2.34. The van der Waals surface area contributed by atoms with Crippen LogP contribution in [0.15, 0.2) is 65.3 Å². The summed E-state index contributed by atoms with van der Waals surface area (Å²) in [6.45, 7) is 3.22.